The second-order valence-corrected chi connectivity index (χ2v) is 6.57. The van der Waals surface area contributed by atoms with E-state index in [2.05, 4.69) is 0 Å². The Labute approximate surface area is 124 Å². The number of rotatable bonds is 5. The first-order valence-electron chi connectivity index (χ1n) is 6.53. The summed E-state index contributed by atoms with van der Waals surface area (Å²) in [5.74, 6) is -0.570. The van der Waals surface area contributed by atoms with Gasteiger partial charge in [-0.05, 0) is 35.9 Å². The highest BCUT2D eigenvalue weighted by Gasteiger charge is 2.23. The fourth-order valence-electron chi connectivity index (χ4n) is 1.97. The van der Waals surface area contributed by atoms with E-state index >= 15 is 0 Å². The molecule has 0 aromatic heterocycles. The Morgan fingerprint density at radius 3 is 2.38 bits per heavy atom. The van der Waals surface area contributed by atoms with E-state index in [0.29, 0.717) is 12.2 Å². The molecule has 0 spiro atoms. The molecule has 112 valence electrons. The SMILES string of the molecule is CCN(Cc1ccc(N)cc1)S(=O)(=O)c1cccc(F)c1. The van der Waals surface area contributed by atoms with Gasteiger partial charge >= 0.3 is 0 Å². The van der Waals surface area contributed by atoms with Gasteiger partial charge in [-0.1, -0.05) is 25.1 Å². The number of benzene rings is 2. The molecule has 0 aliphatic heterocycles. The van der Waals surface area contributed by atoms with Crippen molar-refractivity contribution < 1.29 is 12.8 Å². The zero-order valence-electron chi connectivity index (χ0n) is 11.7. The van der Waals surface area contributed by atoms with Crippen molar-refractivity contribution in [1.82, 2.24) is 4.31 Å². The molecule has 0 saturated heterocycles. The predicted octanol–water partition coefficient (Wildman–Crippen LogP) is 2.62. The van der Waals surface area contributed by atoms with Crippen molar-refractivity contribution in [2.24, 2.45) is 0 Å². The van der Waals surface area contributed by atoms with Crippen LogP contribution in [0.5, 0.6) is 0 Å². The van der Waals surface area contributed by atoms with Gasteiger partial charge in [0.25, 0.3) is 0 Å². The molecule has 21 heavy (non-hydrogen) atoms. The van der Waals surface area contributed by atoms with Crippen molar-refractivity contribution in [2.75, 3.05) is 12.3 Å². The van der Waals surface area contributed by atoms with Crippen molar-refractivity contribution >= 4 is 15.7 Å². The van der Waals surface area contributed by atoms with Crippen LogP contribution in [0.1, 0.15) is 12.5 Å². The number of nitrogens with two attached hydrogens (primary N) is 1. The van der Waals surface area contributed by atoms with Crippen LogP contribution in [0.4, 0.5) is 10.1 Å². The number of nitrogen functional groups attached to an aromatic ring is 1. The van der Waals surface area contributed by atoms with E-state index in [0.717, 1.165) is 11.6 Å². The molecule has 6 heteroatoms. The summed E-state index contributed by atoms with van der Waals surface area (Å²) < 4.78 is 39.6. The molecule has 0 unspecified atom stereocenters. The van der Waals surface area contributed by atoms with Crippen LogP contribution in [-0.2, 0) is 16.6 Å². The minimum atomic E-state index is -3.72. The first kappa shape index (κ1) is 15.5. The van der Waals surface area contributed by atoms with Crippen LogP contribution < -0.4 is 5.73 Å². The Balaban J connectivity index is 2.29. The van der Waals surface area contributed by atoms with Crippen LogP contribution in [0.25, 0.3) is 0 Å². The standard InChI is InChI=1S/C15H17FN2O2S/c1-2-18(11-12-6-8-14(17)9-7-12)21(19,20)15-5-3-4-13(16)10-15/h3-10H,2,11,17H2,1H3. The van der Waals surface area contributed by atoms with E-state index in [4.69, 9.17) is 5.73 Å². The zero-order chi connectivity index (χ0) is 15.5. The quantitative estimate of drug-likeness (QED) is 0.864. The molecule has 2 N–H and O–H groups in total. The molecule has 0 bridgehead atoms. The molecule has 0 aliphatic carbocycles. The summed E-state index contributed by atoms with van der Waals surface area (Å²) in [7, 11) is -3.72. The fraction of sp³-hybridized carbons (Fsp3) is 0.200. The van der Waals surface area contributed by atoms with Crippen LogP contribution in [0.2, 0.25) is 0 Å². The summed E-state index contributed by atoms with van der Waals surface area (Å²) in [5, 5.41) is 0. The first-order valence-corrected chi connectivity index (χ1v) is 7.97. The number of sulfonamides is 1. The van der Waals surface area contributed by atoms with E-state index in [1.807, 2.05) is 0 Å². The molecule has 0 fully saturated rings. The summed E-state index contributed by atoms with van der Waals surface area (Å²) in [6.07, 6.45) is 0. The highest BCUT2D eigenvalue weighted by atomic mass is 32.2. The lowest BCUT2D eigenvalue weighted by Gasteiger charge is -2.20. The molecule has 2 rings (SSSR count). The minimum Gasteiger partial charge on any atom is -0.399 e. The van der Waals surface area contributed by atoms with E-state index in [1.54, 1.807) is 31.2 Å². The minimum absolute atomic E-state index is 0.0419. The van der Waals surface area contributed by atoms with Crippen LogP contribution >= 0.6 is 0 Å². The topological polar surface area (TPSA) is 63.4 Å². The van der Waals surface area contributed by atoms with Crippen molar-refractivity contribution in [3.05, 3.63) is 59.9 Å². The van der Waals surface area contributed by atoms with Gasteiger partial charge in [-0.15, -0.1) is 0 Å². The molecule has 0 heterocycles. The van der Waals surface area contributed by atoms with Crippen LogP contribution in [-0.4, -0.2) is 19.3 Å². The fourth-order valence-corrected chi connectivity index (χ4v) is 3.44. The number of hydrogen-bond donors (Lipinski definition) is 1. The average Bonchev–Trinajstić information content (AvgIpc) is 2.46. The Morgan fingerprint density at radius 2 is 1.81 bits per heavy atom. The molecule has 0 aliphatic rings. The van der Waals surface area contributed by atoms with Crippen LogP contribution in [0, 0.1) is 5.82 Å². The van der Waals surface area contributed by atoms with Gasteiger partial charge in [-0.25, -0.2) is 12.8 Å². The molecule has 2 aromatic carbocycles. The molecule has 0 radical (unpaired) electrons. The van der Waals surface area contributed by atoms with E-state index < -0.39 is 15.8 Å². The smallest absolute Gasteiger partial charge is 0.243 e. The third-order valence-electron chi connectivity index (χ3n) is 3.13. The van der Waals surface area contributed by atoms with Gasteiger partial charge < -0.3 is 5.73 Å². The van der Waals surface area contributed by atoms with Gasteiger partial charge in [-0.2, -0.15) is 4.31 Å². The number of nitrogens with zero attached hydrogens (tertiary/aromatic N) is 1. The monoisotopic (exact) mass is 308 g/mol. The van der Waals surface area contributed by atoms with Crippen molar-refractivity contribution in [3.8, 4) is 0 Å². The third kappa shape index (κ3) is 3.59. The van der Waals surface area contributed by atoms with Gasteiger partial charge in [0.1, 0.15) is 5.82 Å². The lowest BCUT2D eigenvalue weighted by Crippen LogP contribution is -2.30. The lowest BCUT2D eigenvalue weighted by atomic mass is 10.2. The van der Waals surface area contributed by atoms with Crippen LogP contribution in [0.3, 0.4) is 0 Å². The molecule has 0 atom stereocenters. The maximum absolute atomic E-state index is 13.2. The van der Waals surface area contributed by atoms with Crippen molar-refractivity contribution in [3.63, 3.8) is 0 Å². The molecule has 0 amide bonds. The average molecular weight is 308 g/mol. The van der Waals surface area contributed by atoms with Crippen LogP contribution in [0.15, 0.2) is 53.4 Å². The van der Waals surface area contributed by atoms with Gasteiger partial charge in [0, 0.05) is 18.8 Å². The first-order chi connectivity index (χ1) is 9.93. The second-order valence-electron chi connectivity index (χ2n) is 4.63. The summed E-state index contributed by atoms with van der Waals surface area (Å²) >= 11 is 0. The summed E-state index contributed by atoms with van der Waals surface area (Å²) in [6, 6.07) is 12.0. The molecule has 4 nitrogen and oxygen atoms in total. The van der Waals surface area contributed by atoms with Gasteiger partial charge in [0.2, 0.25) is 10.0 Å². The molecular weight excluding hydrogens is 291 g/mol. The number of hydrogen-bond acceptors (Lipinski definition) is 3. The Hall–Kier alpha value is -1.92. The second kappa shape index (κ2) is 6.24. The maximum atomic E-state index is 13.2. The van der Waals surface area contributed by atoms with Gasteiger partial charge in [0.15, 0.2) is 0 Å². The summed E-state index contributed by atoms with van der Waals surface area (Å²) in [4.78, 5) is -0.0419. The van der Waals surface area contributed by atoms with Crippen molar-refractivity contribution in [2.45, 2.75) is 18.4 Å². The Kier molecular flexibility index (Phi) is 4.59. The van der Waals surface area contributed by atoms with Gasteiger partial charge in [-0.3, -0.25) is 0 Å². The third-order valence-corrected chi connectivity index (χ3v) is 5.04. The number of anilines is 1. The Bertz CT molecular complexity index is 715. The van der Waals surface area contributed by atoms with Crippen molar-refractivity contribution in [1.29, 1.82) is 0 Å². The van der Waals surface area contributed by atoms with E-state index in [-0.39, 0.29) is 11.4 Å². The number of halogens is 1. The predicted molar refractivity (Wildman–Crippen MR) is 80.5 cm³/mol. The van der Waals surface area contributed by atoms with E-state index in [1.165, 1.54) is 22.5 Å². The highest BCUT2D eigenvalue weighted by molar-refractivity contribution is 7.89. The van der Waals surface area contributed by atoms with Gasteiger partial charge in [0.05, 0.1) is 4.90 Å². The normalized spacial score (nSPS) is 11.8. The largest absolute Gasteiger partial charge is 0.399 e. The van der Waals surface area contributed by atoms with E-state index in [9.17, 15) is 12.8 Å². The summed E-state index contributed by atoms with van der Waals surface area (Å²) in [6.45, 7) is 2.26. The molecule has 0 saturated carbocycles. The molecular formula is C15H17FN2O2S. The Morgan fingerprint density at radius 1 is 1.14 bits per heavy atom. The lowest BCUT2D eigenvalue weighted by molar-refractivity contribution is 0.423. The zero-order valence-corrected chi connectivity index (χ0v) is 12.5. The molecule has 2 aromatic rings. The highest BCUT2D eigenvalue weighted by Crippen LogP contribution is 2.19. The summed E-state index contributed by atoms with van der Waals surface area (Å²) in [5.41, 5.74) is 7.06. The maximum Gasteiger partial charge on any atom is 0.243 e.